The Hall–Kier alpha value is -0.930. The third-order valence-electron chi connectivity index (χ3n) is 3.49. The van der Waals surface area contributed by atoms with Crippen LogP contribution in [0.15, 0.2) is 18.3 Å². The molecule has 0 radical (unpaired) electrons. The van der Waals surface area contributed by atoms with Gasteiger partial charge in [0.2, 0.25) is 0 Å². The molecule has 0 unspecified atom stereocenters. The van der Waals surface area contributed by atoms with E-state index in [1.165, 1.54) is 37.1 Å². The van der Waals surface area contributed by atoms with Gasteiger partial charge < -0.3 is 10.2 Å². The third kappa shape index (κ3) is 3.79. The predicted octanol–water partition coefficient (Wildman–Crippen LogP) is 2.03. The molecule has 1 heterocycles. The average Bonchev–Trinajstić information content (AvgIpc) is 2.27. The second-order valence-corrected chi connectivity index (χ2v) is 5.18. The summed E-state index contributed by atoms with van der Waals surface area (Å²) in [5.74, 6) is 0.934. The van der Waals surface area contributed by atoms with Crippen LogP contribution in [0.25, 0.3) is 0 Å². The van der Waals surface area contributed by atoms with Crippen LogP contribution in [0.5, 0.6) is 0 Å². The Morgan fingerprint density at radius 3 is 2.76 bits per heavy atom. The van der Waals surface area contributed by atoms with E-state index in [0.717, 1.165) is 19.0 Å². The van der Waals surface area contributed by atoms with Crippen LogP contribution in [0.1, 0.15) is 30.5 Å². The maximum atomic E-state index is 4.51. The Labute approximate surface area is 104 Å². The highest BCUT2D eigenvalue weighted by Crippen LogP contribution is 2.26. The van der Waals surface area contributed by atoms with Crippen LogP contribution in [-0.2, 0) is 13.1 Å². The zero-order valence-electron chi connectivity index (χ0n) is 10.9. The van der Waals surface area contributed by atoms with Crippen LogP contribution in [0, 0.1) is 5.92 Å². The van der Waals surface area contributed by atoms with Gasteiger partial charge in [0.1, 0.15) is 0 Å². The van der Waals surface area contributed by atoms with Crippen molar-refractivity contribution in [2.24, 2.45) is 5.92 Å². The van der Waals surface area contributed by atoms with Crippen molar-refractivity contribution in [3.63, 3.8) is 0 Å². The summed E-state index contributed by atoms with van der Waals surface area (Å²) in [5, 5.41) is 3.14. The molecular weight excluding hydrogens is 210 g/mol. The van der Waals surface area contributed by atoms with Crippen LogP contribution >= 0.6 is 0 Å². The first-order chi connectivity index (χ1) is 8.28. The number of hydrogen-bond acceptors (Lipinski definition) is 3. The molecule has 17 heavy (non-hydrogen) atoms. The highest BCUT2D eigenvalue weighted by Gasteiger charge is 2.18. The van der Waals surface area contributed by atoms with Gasteiger partial charge in [-0.2, -0.15) is 0 Å². The van der Waals surface area contributed by atoms with Gasteiger partial charge in [0.05, 0.1) is 5.69 Å². The number of nitrogens with one attached hydrogen (secondary N) is 1. The zero-order valence-corrected chi connectivity index (χ0v) is 10.9. The Kier molecular flexibility index (Phi) is 4.51. The largest absolute Gasteiger partial charge is 0.316 e. The lowest BCUT2D eigenvalue weighted by Gasteiger charge is -2.29. The summed E-state index contributed by atoms with van der Waals surface area (Å²) in [7, 11) is 4.15. The van der Waals surface area contributed by atoms with Gasteiger partial charge in [-0.15, -0.1) is 0 Å². The molecule has 0 spiro atoms. The summed E-state index contributed by atoms with van der Waals surface area (Å²) in [6.07, 6.45) is 6.23. The van der Waals surface area contributed by atoms with Crippen molar-refractivity contribution in [1.82, 2.24) is 15.2 Å². The molecule has 0 aliphatic heterocycles. The molecule has 94 valence electrons. The van der Waals surface area contributed by atoms with Gasteiger partial charge in [-0.25, -0.2) is 0 Å². The van der Waals surface area contributed by atoms with Crippen molar-refractivity contribution >= 4 is 0 Å². The first-order valence-electron chi connectivity index (χ1n) is 6.55. The minimum absolute atomic E-state index is 0.894. The number of aromatic nitrogens is 1. The smallest absolute Gasteiger partial charge is 0.0544 e. The van der Waals surface area contributed by atoms with E-state index >= 15 is 0 Å². The monoisotopic (exact) mass is 233 g/mol. The maximum absolute atomic E-state index is 4.51. The van der Waals surface area contributed by atoms with E-state index in [9.17, 15) is 0 Å². The van der Waals surface area contributed by atoms with Crippen LogP contribution in [0.4, 0.5) is 0 Å². The van der Waals surface area contributed by atoms with Crippen molar-refractivity contribution in [1.29, 1.82) is 0 Å². The molecule has 1 aliphatic carbocycles. The topological polar surface area (TPSA) is 28.2 Å². The van der Waals surface area contributed by atoms with Crippen LogP contribution in [-0.4, -0.2) is 30.5 Å². The molecule has 1 fully saturated rings. The molecule has 1 saturated carbocycles. The molecule has 1 aromatic heterocycles. The number of pyridine rings is 1. The van der Waals surface area contributed by atoms with E-state index in [0.29, 0.717) is 0 Å². The highest BCUT2D eigenvalue weighted by atomic mass is 15.1. The second kappa shape index (κ2) is 6.12. The van der Waals surface area contributed by atoms with E-state index in [4.69, 9.17) is 0 Å². The SMILES string of the molecule is CNCc1ccc(CN(C)CC2CCC2)nc1. The molecule has 2 rings (SSSR count). The van der Waals surface area contributed by atoms with Gasteiger partial charge in [0.15, 0.2) is 0 Å². The molecule has 0 atom stereocenters. The molecule has 0 amide bonds. The molecule has 1 aliphatic rings. The van der Waals surface area contributed by atoms with Gasteiger partial charge in [-0.05, 0) is 44.5 Å². The average molecular weight is 233 g/mol. The lowest BCUT2D eigenvalue weighted by atomic mass is 9.85. The fourth-order valence-electron chi connectivity index (χ4n) is 2.31. The summed E-state index contributed by atoms with van der Waals surface area (Å²) >= 11 is 0. The summed E-state index contributed by atoms with van der Waals surface area (Å²) in [5.41, 5.74) is 2.42. The Morgan fingerprint density at radius 2 is 2.24 bits per heavy atom. The van der Waals surface area contributed by atoms with E-state index in [1.807, 2.05) is 13.2 Å². The lowest BCUT2D eigenvalue weighted by Crippen LogP contribution is -2.29. The molecule has 0 aromatic carbocycles. The van der Waals surface area contributed by atoms with Gasteiger partial charge in [-0.1, -0.05) is 12.5 Å². The van der Waals surface area contributed by atoms with Crippen LogP contribution in [0.3, 0.4) is 0 Å². The van der Waals surface area contributed by atoms with Crippen molar-refractivity contribution < 1.29 is 0 Å². The van der Waals surface area contributed by atoms with Crippen molar-refractivity contribution in [3.05, 3.63) is 29.6 Å². The van der Waals surface area contributed by atoms with Gasteiger partial charge in [0.25, 0.3) is 0 Å². The molecule has 1 N–H and O–H groups in total. The zero-order chi connectivity index (χ0) is 12.1. The molecule has 3 nitrogen and oxygen atoms in total. The minimum Gasteiger partial charge on any atom is -0.316 e. The molecular formula is C14H23N3. The quantitative estimate of drug-likeness (QED) is 0.815. The van der Waals surface area contributed by atoms with Crippen molar-refractivity contribution in [2.75, 3.05) is 20.6 Å². The van der Waals surface area contributed by atoms with E-state index in [1.54, 1.807) is 0 Å². The minimum atomic E-state index is 0.894. The molecule has 3 heteroatoms. The number of rotatable bonds is 6. The summed E-state index contributed by atoms with van der Waals surface area (Å²) < 4.78 is 0. The van der Waals surface area contributed by atoms with Gasteiger partial charge in [-0.3, -0.25) is 4.98 Å². The summed E-state index contributed by atoms with van der Waals surface area (Å²) in [6.45, 7) is 3.08. The predicted molar refractivity (Wildman–Crippen MR) is 70.7 cm³/mol. The van der Waals surface area contributed by atoms with E-state index < -0.39 is 0 Å². The normalized spacial score (nSPS) is 16.2. The molecule has 1 aromatic rings. The van der Waals surface area contributed by atoms with E-state index in [2.05, 4.69) is 34.4 Å². The summed E-state index contributed by atoms with van der Waals surface area (Å²) in [4.78, 5) is 6.90. The standard InChI is InChI=1S/C14H23N3/c1-15-8-13-6-7-14(16-9-13)11-17(2)10-12-4-3-5-12/h6-7,9,12,15H,3-5,8,10-11H2,1-2H3. The Morgan fingerprint density at radius 1 is 1.41 bits per heavy atom. The first-order valence-corrected chi connectivity index (χ1v) is 6.55. The first kappa shape index (κ1) is 12.5. The second-order valence-electron chi connectivity index (χ2n) is 5.18. The third-order valence-corrected chi connectivity index (χ3v) is 3.49. The number of nitrogens with zero attached hydrogens (tertiary/aromatic N) is 2. The maximum Gasteiger partial charge on any atom is 0.0544 e. The Bertz CT molecular complexity index is 330. The highest BCUT2D eigenvalue weighted by molar-refractivity contribution is 5.13. The van der Waals surface area contributed by atoms with Gasteiger partial charge >= 0.3 is 0 Å². The number of hydrogen-bond donors (Lipinski definition) is 1. The van der Waals surface area contributed by atoms with E-state index in [-0.39, 0.29) is 0 Å². The summed E-state index contributed by atoms with van der Waals surface area (Å²) in [6, 6.07) is 4.31. The van der Waals surface area contributed by atoms with Crippen molar-refractivity contribution in [3.8, 4) is 0 Å². The molecule has 0 saturated heterocycles. The Balaban J connectivity index is 1.80. The fourth-order valence-corrected chi connectivity index (χ4v) is 2.31. The lowest BCUT2D eigenvalue weighted by molar-refractivity contribution is 0.199. The van der Waals surface area contributed by atoms with Crippen LogP contribution in [0.2, 0.25) is 0 Å². The molecule has 0 bridgehead atoms. The van der Waals surface area contributed by atoms with Crippen LogP contribution < -0.4 is 5.32 Å². The van der Waals surface area contributed by atoms with Crippen molar-refractivity contribution in [2.45, 2.75) is 32.4 Å². The fraction of sp³-hybridized carbons (Fsp3) is 0.643. The van der Waals surface area contributed by atoms with Gasteiger partial charge in [0, 0.05) is 25.8 Å².